The van der Waals surface area contributed by atoms with Gasteiger partial charge in [-0.3, -0.25) is 19.7 Å². The van der Waals surface area contributed by atoms with E-state index in [9.17, 15) is 19.7 Å². The molecule has 0 unspecified atom stereocenters. The molecule has 0 saturated carbocycles. The van der Waals surface area contributed by atoms with Gasteiger partial charge in [-0.15, -0.1) is 0 Å². The summed E-state index contributed by atoms with van der Waals surface area (Å²) in [7, 11) is 0. The first kappa shape index (κ1) is 9.26. The highest BCUT2D eigenvalue weighted by molar-refractivity contribution is 6.50. The van der Waals surface area contributed by atoms with Crippen molar-refractivity contribution in [3.8, 4) is 0 Å². The Kier molecular flexibility index (Phi) is 1.93. The maximum atomic E-state index is 11.4. The fourth-order valence-electron chi connectivity index (χ4n) is 1.45. The van der Waals surface area contributed by atoms with Crippen LogP contribution in [0.25, 0.3) is 6.08 Å². The minimum absolute atomic E-state index is 0.0942. The minimum atomic E-state index is -0.698. The molecule has 0 saturated heterocycles. The fraction of sp³-hybridized carbons (Fsp3) is 0. The van der Waals surface area contributed by atoms with E-state index >= 15 is 0 Å². The van der Waals surface area contributed by atoms with Gasteiger partial charge in [0.25, 0.3) is 5.69 Å². The zero-order chi connectivity index (χ0) is 11.0. The van der Waals surface area contributed by atoms with Gasteiger partial charge in [0.1, 0.15) is 0 Å². The van der Waals surface area contributed by atoms with Crippen LogP contribution >= 0.6 is 0 Å². The number of Topliss-reactive ketones (excluding diaryl/α,β-unsaturated/α-hetero) is 1. The highest BCUT2D eigenvalue weighted by atomic mass is 16.6. The second-order valence-corrected chi connectivity index (χ2v) is 3.02. The number of ketones is 2. The lowest BCUT2D eigenvalue weighted by Gasteiger charge is -2.07. The number of nitro groups is 1. The van der Waals surface area contributed by atoms with E-state index in [2.05, 4.69) is 0 Å². The summed E-state index contributed by atoms with van der Waals surface area (Å²) < 4.78 is 0. The molecule has 0 N–H and O–H groups in total. The summed E-state index contributed by atoms with van der Waals surface area (Å²) in [6.45, 7) is 0. The van der Waals surface area contributed by atoms with Gasteiger partial charge >= 0.3 is 0 Å². The van der Waals surface area contributed by atoms with Crippen LogP contribution in [-0.4, -0.2) is 16.5 Å². The average molecular weight is 203 g/mol. The maximum absolute atomic E-state index is 11.4. The van der Waals surface area contributed by atoms with Crippen LogP contribution < -0.4 is 0 Å². The fourth-order valence-corrected chi connectivity index (χ4v) is 1.45. The molecule has 1 aromatic carbocycles. The van der Waals surface area contributed by atoms with Gasteiger partial charge < -0.3 is 0 Å². The topological polar surface area (TPSA) is 77.3 Å². The molecule has 0 radical (unpaired) electrons. The van der Waals surface area contributed by atoms with Crippen LogP contribution in [0.15, 0.2) is 24.3 Å². The van der Waals surface area contributed by atoms with Crippen molar-refractivity contribution in [3.63, 3.8) is 0 Å². The van der Waals surface area contributed by atoms with E-state index in [1.54, 1.807) is 0 Å². The predicted molar refractivity (Wildman–Crippen MR) is 51.5 cm³/mol. The summed E-state index contributed by atoms with van der Waals surface area (Å²) in [6, 6.07) is 4.10. The minimum Gasteiger partial charge on any atom is -0.286 e. The molecule has 0 aliphatic heterocycles. The van der Waals surface area contributed by atoms with Gasteiger partial charge in [-0.2, -0.15) is 0 Å². The van der Waals surface area contributed by atoms with Crippen LogP contribution in [0.5, 0.6) is 0 Å². The highest BCUT2D eigenvalue weighted by Gasteiger charge is 2.26. The van der Waals surface area contributed by atoms with Gasteiger partial charge in [0.15, 0.2) is 0 Å². The summed E-state index contributed by atoms with van der Waals surface area (Å²) in [4.78, 5) is 32.5. The Bertz CT molecular complexity index is 516. The van der Waals surface area contributed by atoms with Crippen LogP contribution in [0.3, 0.4) is 0 Å². The third-order valence-corrected chi connectivity index (χ3v) is 2.15. The average Bonchev–Trinajstić information content (AvgIpc) is 2.23. The zero-order valence-corrected chi connectivity index (χ0v) is 7.47. The Morgan fingerprint density at radius 3 is 2.53 bits per heavy atom. The van der Waals surface area contributed by atoms with Crippen molar-refractivity contribution >= 4 is 23.3 Å². The van der Waals surface area contributed by atoms with Gasteiger partial charge in [0.05, 0.1) is 10.5 Å². The number of carbonyl (C=O) groups is 2. The molecule has 74 valence electrons. The monoisotopic (exact) mass is 203 g/mol. The third kappa shape index (κ3) is 1.34. The van der Waals surface area contributed by atoms with Crippen LogP contribution in [0.4, 0.5) is 5.69 Å². The van der Waals surface area contributed by atoms with Gasteiger partial charge in [-0.1, -0.05) is 6.07 Å². The Hall–Kier alpha value is -2.30. The summed E-state index contributed by atoms with van der Waals surface area (Å²) in [5, 5.41) is 10.6. The summed E-state index contributed by atoms with van der Waals surface area (Å²) in [5.41, 5.74) is 0.133. The molecule has 0 spiro atoms. The van der Waals surface area contributed by atoms with Crippen molar-refractivity contribution in [1.82, 2.24) is 0 Å². The Morgan fingerprint density at radius 2 is 1.87 bits per heavy atom. The lowest BCUT2D eigenvalue weighted by atomic mass is 9.94. The van der Waals surface area contributed by atoms with Gasteiger partial charge in [-0.25, -0.2) is 0 Å². The second-order valence-electron chi connectivity index (χ2n) is 3.02. The molecule has 0 aromatic heterocycles. The smallest absolute Gasteiger partial charge is 0.277 e. The number of fused-ring (bicyclic) bond motifs is 1. The van der Waals surface area contributed by atoms with Crippen molar-refractivity contribution in [1.29, 1.82) is 0 Å². The molecule has 0 bridgehead atoms. The Balaban J connectivity index is 2.72. The van der Waals surface area contributed by atoms with E-state index in [1.807, 2.05) is 0 Å². The predicted octanol–water partition coefficient (Wildman–Crippen LogP) is 1.37. The van der Waals surface area contributed by atoms with Crippen LogP contribution in [0.1, 0.15) is 15.9 Å². The number of nitrogens with zero attached hydrogens (tertiary/aromatic N) is 1. The van der Waals surface area contributed by atoms with Crippen molar-refractivity contribution in [3.05, 3.63) is 45.5 Å². The number of carbonyl (C=O) groups excluding carboxylic acids is 2. The summed E-state index contributed by atoms with van der Waals surface area (Å²) in [5.74, 6) is -1.35. The van der Waals surface area contributed by atoms with Gasteiger partial charge in [0, 0.05) is 11.6 Å². The summed E-state index contributed by atoms with van der Waals surface area (Å²) >= 11 is 0. The quantitative estimate of drug-likeness (QED) is 0.392. The number of allylic oxidation sites excluding steroid dienone is 1. The first-order valence-electron chi connectivity index (χ1n) is 4.15. The molecule has 0 fully saturated rings. The van der Waals surface area contributed by atoms with E-state index in [0.29, 0.717) is 0 Å². The first-order valence-corrected chi connectivity index (χ1v) is 4.15. The number of hydrogen-bond acceptors (Lipinski definition) is 4. The first-order chi connectivity index (χ1) is 7.11. The molecule has 0 amide bonds. The molecule has 2 rings (SSSR count). The zero-order valence-electron chi connectivity index (χ0n) is 7.47. The third-order valence-electron chi connectivity index (χ3n) is 2.15. The lowest BCUT2D eigenvalue weighted by molar-refractivity contribution is -0.385. The number of rotatable bonds is 1. The molecule has 15 heavy (non-hydrogen) atoms. The Morgan fingerprint density at radius 1 is 1.13 bits per heavy atom. The highest BCUT2D eigenvalue weighted by Crippen LogP contribution is 2.26. The van der Waals surface area contributed by atoms with Crippen LogP contribution in [0.2, 0.25) is 0 Å². The molecule has 1 aliphatic carbocycles. The van der Waals surface area contributed by atoms with E-state index in [-0.39, 0.29) is 16.8 Å². The molecule has 1 aromatic rings. The largest absolute Gasteiger partial charge is 0.286 e. The normalized spacial score (nSPS) is 13.9. The molecule has 5 nitrogen and oxygen atoms in total. The van der Waals surface area contributed by atoms with E-state index < -0.39 is 16.5 Å². The lowest BCUT2D eigenvalue weighted by Crippen LogP contribution is -2.16. The molecule has 5 heteroatoms. The van der Waals surface area contributed by atoms with Crippen LogP contribution in [-0.2, 0) is 4.79 Å². The summed E-state index contributed by atoms with van der Waals surface area (Å²) in [6.07, 6.45) is 2.36. The van der Waals surface area contributed by atoms with Crippen molar-refractivity contribution in [2.75, 3.05) is 0 Å². The molecule has 0 atom stereocenters. The van der Waals surface area contributed by atoms with Crippen molar-refractivity contribution in [2.24, 2.45) is 0 Å². The Labute approximate surface area is 84.2 Å². The van der Waals surface area contributed by atoms with E-state index in [0.717, 1.165) is 6.08 Å². The number of nitro benzene ring substituents is 1. The van der Waals surface area contributed by atoms with E-state index in [4.69, 9.17) is 0 Å². The van der Waals surface area contributed by atoms with E-state index in [1.165, 1.54) is 24.3 Å². The van der Waals surface area contributed by atoms with Crippen molar-refractivity contribution < 1.29 is 14.5 Å². The molecular weight excluding hydrogens is 198 g/mol. The maximum Gasteiger partial charge on any atom is 0.277 e. The van der Waals surface area contributed by atoms with Gasteiger partial charge in [-0.05, 0) is 18.2 Å². The van der Waals surface area contributed by atoms with Crippen LogP contribution in [0, 0.1) is 10.1 Å². The van der Waals surface area contributed by atoms with Gasteiger partial charge in [0.2, 0.25) is 11.6 Å². The molecule has 1 aliphatic rings. The number of benzene rings is 1. The molecular formula is C10H5NO4. The SMILES string of the molecule is O=C1C=Cc2c(cccc2[N+](=O)[O-])C1=O. The number of hydrogen-bond donors (Lipinski definition) is 0. The second kappa shape index (κ2) is 3.13. The van der Waals surface area contributed by atoms with Crippen molar-refractivity contribution in [2.45, 2.75) is 0 Å². The standard InChI is InChI=1S/C10H5NO4/c12-9-5-4-6-7(10(9)13)2-1-3-8(6)11(14)15/h1-5H. The molecule has 0 heterocycles.